The molecule has 0 bridgehead atoms. The second-order valence-corrected chi connectivity index (χ2v) is 6.56. The van der Waals surface area contributed by atoms with Crippen LogP contribution in [0.3, 0.4) is 0 Å². The molecule has 1 saturated carbocycles. The fourth-order valence-corrected chi connectivity index (χ4v) is 3.44. The molecule has 2 aliphatic rings. The van der Waals surface area contributed by atoms with Crippen molar-refractivity contribution in [1.29, 1.82) is 0 Å². The lowest BCUT2D eigenvalue weighted by Crippen LogP contribution is -2.47. The molecule has 1 atom stereocenters. The maximum absolute atomic E-state index is 12.2. The van der Waals surface area contributed by atoms with Gasteiger partial charge < -0.3 is 15.3 Å². The van der Waals surface area contributed by atoms with E-state index in [-0.39, 0.29) is 24.1 Å². The second kappa shape index (κ2) is 6.60. The fourth-order valence-electron chi connectivity index (χ4n) is 3.44. The third kappa shape index (κ3) is 3.85. The van der Waals surface area contributed by atoms with Crippen molar-refractivity contribution in [2.75, 3.05) is 19.7 Å². The van der Waals surface area contributed by atoms with E-state index >= 15 is 0 Å². The summed E-state index contributed by atoms with van der Waals surface area (Å²) in [6.45, 7) is 3.95. The predicted molar refractivity (Wildman–Crippen MR) is 76.0 cm³/mol. The molecule has 1 saturated heterocycles. The Balaban J connectivity index is 1.82. The molecule has 2 amide bonds. The molecule has 2 N–H and O–H groups in total. The van der Waals surface area contributed by atoms with Crippen LogP contribution in [-0.4, -0.2) is 41.8 Å². The summed E-state index contributed by atoms with van der Waals surface area (Å²) in [5.41, 5.74) is 0.264. The number of nitrogens with one attached hydrogen (secondary N) is 1. The van der Waals surface area contributed by atoms with Gasteiger partial charge in [-0.15, -0.1) is 0 Å². The third-order valence-electron chi connectivity index (χ3n) is 4.83. The van der Waals surface area contributed by atoms with Gasteiger partial charge in [-0.1, -0.05) is 32.6 Å². The van der Waals surface area contributed by atoms with Crippen LogP contribution in [0.2, 0.25) is 0 Å². The number of amides is 2. The van der Waals surface area contributed by atoms with Gasteiger partial charge in [0.15, 0.2) is 0 Å². The number of aliphatic hydroxyl groups excluding tert-OH is 1. The molecule has 0 aromatic rings. The minimum Gasteiger partial charge on any atom is -0.394 e. The Bertz CT molecular complexity index is 299. The van der Waals surface area contributed by atoms with Crippen molar-refractivity contribution >= 4 is 6.03 Å². The summed E-state index contributed by atoms with van der Waals surface area (Å²) in [7, 11) is 0. The average molecular weight is 268 g/mol. The lowest BCUT2D eigenvalue weighted by Gasteiger charge is -2.30. The second-order valence-electron chi connectivity index (χ2n) is 6.56. The zero-order valence-corrected chi connectivity index (χ0v) is 12.2. The Morgan fingerprint density at radius 3 is 2.58 bits per heavy atom. The first-order chi connectivity index (χ1) is 9.14. The lowest BCUT2D eigenvalue weighted by atomic mass is 9.82. The van der Waals surface area contributed by atoms with Gasteiger partial charge in [0, 0.05) is 13.1 Å². The number of carbonyl (C=O) groups is 1. The molecule has 0 aromatic heterocycles. The van der Waals surface area contributed by atoms with Gasteiger partial charge in [0.05, 0.1) is 12.6 Å². The van der Waals surface area contributed by atoms with E-state index in [0.717, 1.165) is 25.9 Å². The average Bonchev–Trinajstić information content (AvgIpc) is 2.79. The Morgan fingerprint density at radius 2 is 1.95 bits per heavy atom. The highest BCUT2D eigenvalue weighted by molar-refractivity contribution is 5.74. The van der Waals surface area contributed by atoms with Crippen LogP contribution in [0.1, 0.15) is 58.3 Å². The van der Waals surface area contributed by atoms with Crippen LogP contribution in [0.25, 0.3) is 0 Å². The number of rotatable bonds is 3. The molecule has 1 heterocycles. The number of hydrogen-bond donors (Lipinski definition) is 2. The molecule has 1 aliphatic heterocycles. The standard InChI is InChI=1S/C15H28N2O2/c1-15(8-4-2-3-5-9-15)12-16-14(19)17-10-6-7-13(17)11-18/h13,18H,2-12H2,1H3,(H,16,19). The number of aliphatic hydroxyl groups is 1. The van der Waals surface area contributed by atoms with Crippen molar-refractivity contribution in [3.05, 3.63) is 0 Å². The van der Waals surface area contributed by atoms with Crippen LogP contribution in [0, 0.1) is 5.41 Å². The van der Waals surface area contributed by atoms with E-state index in [1.54, 1.807) is 4.90 Å². The van der Waals surface area contributed by atoms with Gasteiger partial charge >= 0.3 is 6.03 Å². The van der Waals surface area contributed by atoms with E-state index in [9.17, 15) is 9.90 Å². The fraction of sp³-hybridized carbons (Fsp3) is 0.933. The Morgan fingerprint density at radius 1 is 1.26 bits per heavy atom. The smallest absolute Gasteiger partial charge is 0.317 e. The summed E-state index contributed by atoms with van der Waals surface area (Å²) < 4.78 is 0. The lowest BCUT2D eigenvalue weighted by molar-refractivity contribution is 0.151. The highest BCUT2D eigenvalue weighted by Gasteiger charge is 2.30. The van der Waals surface area contributed by atoms with Crippen LogP contribution >= 0.6 is 0 Å². The van der Waals surface area contributed by atoms with Gasteiger partial charge in [-0.2, -0.15) is 0 Å². The zero-order chi connectivity index (χ0) is 13.7. The Hall–Kier alpha value is -0.770. The molecule has 1 aliphatic carbocycles. The van der Waals surface area contributed by atoms with Crippen LogP contribution in [-0.2, 0) is 0 Å². The molecule has 19 heavy (non-hydrogen) atoms. The maximum Gasteiger partial charge on any atom is 0.317 e. The Kier molecular flexibility index (Phi) is 5.08. The van der Waals surface area contributed by atoms with Gasteiger partial charge in [-0.3, -0.25) is 0 Å². The normalized spacial score (nSPS) is 27.1. The number of likely N-dealkylation sites (tertiary alicyclic amines) is 1. The highest BCUT2D eigenvalue weighted by Crippen LogP contribution is 2.33. The van der Waals surface area contributed by atoms with Crippen molar-refractivity contribution in [2.24, 2.45) is 5.41 Å². The Labute approximate surface area is 116 Å². The van der Waals surface area contributed by atoms with Crippen molar-refractivity contribution in [3.8, 4) is 0 Å². The minimum atomic E-state index is 0.0158. The van der Waals surface area contributed by atoms with Crippen molar-refractivity contribution in [3.63, 3.8) is 0 Å². The molecule has 2 rings (SSSR count). The van der Waals surface area contributed by atoms with Crippen LogP contribution in [0.15, 0.2) is 0 Å². The van der Waals surface area contributed by atoms with Crippen molar-refractivity contribution in [2.45, 2.75) is 64.3 Å². The van der Waals surface area contributed by atoms with E-state index in [2.05, 4.69) is 12.2 Å². The molecule has 0 radical (unpaired) electrons. The zero-order valence-electron chi connectivity index (χ0n) is 12.2. The van der Waals surface area contributed by atoms with Gasteiger partial charge in [0.1, 0.15) is 0 Å². The van der Waals surface area contributed by atoms with Crippen LogP contribution < -0.4 is 5.32 Å². The van der Waals surface area contributed by atoms with Gasteiger partial charge in [0.25, 0.3) is 0 Å². The van der Waals surface area contributed by atoms with Gasteiger partial charge in [0.2, 0.25) is 0 Å². The summed E-state index contributed by atoms with van der Waals surface area (Å²) in [5, 5.41) is 12.4. The van der Waals surface area contributed by atoms with E-state index in [1.807, 2.05) is 0 Å². The van der Waals surface area contributed by atoms with E-state index in [0.29, 0.717) is 0 Å². The third-order valence-corrected chi connectivity index (χ3v) is 4.83. The SMILES string of the molecule is CC1(CNC(=O)N2CCCC2CO)CCCCCC1. The first-order valence-electron chi connectivity index (χ1n) is 7.80. The molecule has 2 fully saturated rings. The molecule has 110 valence electrons. The molecule has 0 aromatic carbocycles. The number of urea groups is 1. The quantitative estimate of drug-likeness (QED) is 0.773. The van der Waals surface area contributed by atoms with Crippen LogP contribution in [0.4, 0.5) is 4.79 Å². The molecule has 4 nitrogen and oxygen atoms in total. The first-order valence-corrected chi connectivity index (χ1v) is 7.80. The summed E-state index contributed by atoms with van der Waals surface area (Å²) in [5.74, 6) is 0. The number of hydrogen-bond acceptors (Lipinski definition) is 2. The summed E-state index contributed by atoms with van der Waals surface area (Å²) in [6, 6.07) is 0.0453. The maximum atomic E-state index is 12.2. The topological polar surface area (TPSA) is 52.6 Å². The molecule has 1 unspecified atom stereocenters. The van der Waals surface area contributed by atoms with Gasteiger partial charge in [-0.25, -0.2) is 4.79 Å². The minimum absolute atomic E-state index is 0.0158. The molecule has 0 spiro atoms. The van der Waals surface area contributed by atoms with E-state index in [4.69, 9.17) is 0 Å². The first kappa shape index (κ1) is 14.6. The highest BCUT2D eigenvalue weighted by atomic mass is 16.3. The number of carbonyl (C=O) groups excluding carboxylic acids is 1. The summed E-state index contributed by atoms with van der Waals surface area (Å²) in [6.07, 6.45) is 9.62. The molecule has 4 heteroatoms. The van der Waals surface area contributed by atoms with Crippen molar-refractivity contribution < 1.29 is 9.90 Å². The largest absolute Gasteiger partial charge is 0.394 e. The summed E-state index contributed by atoms with van der Waals surface area (Å²) in [4.78, 5) is 14.0. The van der Waals surface area contributed by atoms with Crippen LogP contribution in [0.5, 0.6) is 0 Å². The summed E-state index contributed by atoms with van der Waals surface area (Å²) >= 11 is 0. The monoisotopic (exact) mass is 268 g/mol. The number of nitrogens with zero attached hydrogens (tertiary/aromatic N) is 1. The predicted octanol–water partition coefficient (Wildman–Crippen LogP) is 2.51. The van der Waals surface area contributed by atoms with Gasteiger partial charge in [-0.05, 0) is 31.1 Å². The van der Waals surface area contributed by atoms with Crippen molar-refractivity contribution in [1.82, 2.24) is 10.2 Å². The van der Waals surface area contributed by atoms with E-state index < -0.39 is 0 Å². The molecular weight excluding hydrogens is 240 g/mol. The molecular formula is C15H28N2O2. The van der Waals surface area contributed by atoms with E-state index in [1.165, 1.54) is 38.5 Å².